The van der Waals surface area contributed by atoms with Gasteiger partial charge in [0.2, 0.25) is 0 Å². The first-order valence-corrected chi connectivity index (χ1v) is 7.48. The molecular formula is C16H22N2O4. The number of carbonyl (C=O) groups excluding carboxylic acids is 1. The van der Waals surface area contributed by atoms with Crippen molar-refractivity contribution in [1.82, 2.24) is 4.90 Å². The molecule has 1 amide bonds. The van der Waals surface area contributed by atoms with Crippen LogP contribution in [0.4, 0.5) is 5.69 Å². The summed E-state index contributed by atoms with van der Waals surface area (Å²) in [4.78, 5) is 26.5. The Balaban J connectivity index is 1.91. The Hall–Kier alpha value is -2.08. The summed E-state index contributed by atoms with van der Waals surface area (Å²) in [7, 11) is 1.69. The first-order chi connectivity index (χ1) is 10.6. The van der Waals surface area contributed by atoms with Gasteiger partial charge >= 0.3 is 5.97 Å². The molecule has 1 saturated heterocycles. The lowest BCUT2D eigenvalue weighted by molar-refractivity contribution is -0.137. The Bertz CT molecular complexity index is 509. The van der Waals surface area contributed by atoms with Gasteiger partial charge in [-0.05, 0) is 30.7 Å². The number of morpholine rings is 1. The number of hydrogen-bond acceptors (Lipinski definition) is 4. The molecule has 0 saturated carbocycles. The number of benzene rings is 1. The topological polar surface area (TPSA) is 70.1 Å². The van der Waals surface area contributed by atoms with Gasteiger partial charge in [0, 0.05) is 44.4 Å². The third kappa shape index (κ3) is 4.46. The van der Waals surface area contributed by atoms with Crippen LogP contribution in [0.15, 0.2) is 24.3 Å². The van der Waals surface area contributed by atoms with Crippen molar-refractivity contribution in [2.75, 3.05) is 44.8 Å². The van der Waals surface area contributed by atoms with Crippen LogP contribution in [0.2, 0.25) is 0 Å². The molecule has 22 heavy (non-hydrogen) atoms. The Kier molecular flexibility index (Phi) is 5.77. The first kappa shape index (κ1) is 16.3. The Morgan fingerprint density at radius 3 is 2.45 bits per heavy atom. The van der Waals surface area contributed by atoms with Crippen molar-refractivity contribution in [2.45, 2.75) is 12.8 Å². The average molecular weight is 306 g/mol. The normalized spacial score (nSPS) is 14.7. The molecule has 0 spiro atoms. The van der Waals surface area contributed by atoms with Crippen molar-refractivity contribution in [3.8, 4) is 0 Å². The summed E-state index contributed by atoms with van der Waals surface area (Å²) in [5.41, 5.74) is 1.71. The summed E-state index contributed by atoms with van der Waals surface area (Å²) in [6.07, 6.45) is 0.539. The zero-order valence-corrected chi connectivity index (χ0v) is 12.8. The highest BCUT2D eigenvalue weighted by Crippen LogP contribution is 2.17. The molecule has 1 aliphatic heterocycles. The quantitative estimate of drug-likeness (QED) is 0.861. The van der Waals surface area contributed by atoms with Gasteiger partial charge in [0.1, 0.15) is 0 Å². The molecular weight excluding hydrogens is 284 g/mol. The Morgan fingerprint density at radius 2 is 1.86 bits per heavy atom. The van der Waals surface area contributed by atoms with E-state index in [1.165, 1.54) is 0 Å². The van der Waals surface area contributed by atoms with Gasteiger partial charge in [-0.3, -0.25) is 9.59 Å². The molecule has 2 rings (SSSR count). The number of nitrogens with zero attached hydrogens (tertiary/aromatic N) is 2. The van der Waals surface area contributed by atoms with Crippen LogP contribution in [-0.4, -0.2) is 61.8 Å². The second-order valence-corrected chi connectivity index (χ2v) is 5.37. The minimum atomic E-state index is -0.837. The molecule has 0 bridgehead atoms. The summed E-state index contributed by atoms with van der Waals surface area (Å²) in [6, 6.07) is 7.54. The van der Waals surface area contributed by atoms with Gasteiger partial charge < -0.3 is 19.6 Å². The number of carbonyl (C=O) groups is 2. The van der Waals surface area contributed by atoms with Crippen molar-refractivity contribution < 1.29 is 19.4 Å². The predicted molar refractivity (Wildman–Crippen MR) is 83.3 cm³/mol. The van der Waals surface area contributed by atoms with Crippen LogP contribution in [-0.2, 0) is 9.53 Å². The van der Waals surface area contributed by atoms with E-state index < -0.39 is 5.97 Å². The van der Waals surface area contributed by atoms with Crippen LogP contribution in [0.25, 0.3) is 0 Å². The highest BCUT2D eigenvalue weighted by molar-refractivity contribution is 5.94. The van der Waals surface area contributed by atoms with Gasteiger partial charge in [0.05, 0.1) is 13.2 Å². The summed E-state index contributed by atoms with van der Waals surface area (Å²) in [6.45, 7) is 3.63. The molecule has 120 valence electrons. The van der Waals surface area contributed by atoms with E-state index in [1.807, 2.05) is 24.3 Å². The second kappa shape index (κ2) is 7.79. The number of hydrogen-bond donors (Lipinski definition) is 1. The van der Waals surface area contributed by atoms with Crippen molar-refractivity contribution in [1.29, 1.82) is 0 Å². The van der Waals surface area contributed by atoms with Crippen molar-refractivity contribution in [3.05, 3.63) is 29.8 Å². The molecule has 1 N–H and O–H groups in total. The summed E-state index contributed by atoms with van der Waals surface area (Å²) in [5.74, 6) is -0.922. The highest BCUT2D eigenvalue weighted by Gasteiger charge is 2.14. The van der Waals surface area contributed by atoms with E-state index in [2.05, 4.69) is 4.90 Å². The van der Waals surface area contributed by atoms with E-state index >= 15 is 0 Å². The van der Waals surface area contributed by atoms with Gasteiger partial charge in [-0.2, -0.15) is 0 Å². The van der Waals surface area contributed by atoms with Crippen molar-refractivity contribution in [2.24, 2.45) is 0 Å². The lowest BCUT2D eigenvalue weighted by Gasteiger charge is -2.29. The number of aliphatic carboxylic acids is 1. The van der Waals surface area contributed by atoms with Crippen molar-refractivity contribution in [3.63, 3.8) is 0 Å². The molecule has 0 atom stereocenters. The number of anilines is 1. The van der Waals surface area contributed by atoms with E-state index in [0.717, 1.165) is 32.0 Å². The van der Waals surface area contributed by atoms with Crippen LogP contribution in [0.1, 0.15) is 23.2 Å². The maximum atomic E-state index is 12.3. The lowest BCUT2D eigenvalue weighted by atomic mass is 10.1. The molecule has 0 aliphatic carbocycles. The highest BCUT2D eigenvalue weighted by atomic mass is 16.5. The second-order valence-electron chi connectivity index (χ2n) is 5.37. The van der Waals surface area contributed by atoms with E-state index in [-0.39, 0.29) is 12.3 Å². The van der Waals surface area contributed by atoms with Gasteiger partial charge in [0.15, 0.2) is 0 Å². The third-order valence-corrected chi connectivity index (χ3v) is 3.72. The van der Waals surface area contributed by atoms with Crippen LogP contribution >= 0.6 is 0 Å². The maximum absolute atomic E-state index is 12.3. The van der Waals surface area contributed by atoms with Gasteiger partial charge in [-0.1, -0.05) is 0 Å². The Morgan fingerprint density at radius 1 is 1.23 bits per heavy atom. The summed E-state index contributed by atoms with van der Waals surface area (Å²) < 4.78 is 5.32. The maximum Gasteiger partial charge on any atom is 0.303 e. The molecule has 1 aromatic rings. The van der Waals surface area contributed by atoms with Gasteiger partial charge in [-0.15, -0.1) is 0 Å². The van der Waals surface area contributed by atoms with E-state index in [4.69, 9.17) is 9.84 Å². The molecule has 0 unspecified atom stereocenters. The van der Waals surface area contributed by atoms with Crippen molar-refractivity contribution >= 4 is 17.6 Å². The molecule has 0 radical (unpaired) electrons. The van der Waals surface area contributed by atoms with Crippen LogP contribution in [0.5, 0.6) is 0 Å². The van der Waals surface area contributed by atoms with Crippen LogP contribution in [0, 0.1) is 0 Å². The number of ether oxygens (including phenoxy) is 1. The van der Waals surface area contributed by atoms with Gasteiger partial charge in [0.25, 0.3) is 5.91 Å². The third-order valence-electron chi connectivity index (χ3n) is 3.72. The minimum Gasteiger partial charge on any atom is -0.481 e. The molecule has 0 aromatic heterocycles. The summed E-state index contributed by atoms with van der Waals surface area (Å²) in [5, 5.41) is 8.62. The largest absolute Gasteiger partial charge is 0.481 e. The first-order valence-electron chi connectivity index (χ1n) is 7.48. The average Bonchev–Trinajstić information content (AvgIpc) is 2.54. The lowest BCUT2D eigenvalue weighted by Crippen LogP contribution is -2.36. The molecule has 1 fully saturated rings. The number of carboxylic acids is 1. The monoisotopic (exact) mass is 306 g/mol. The number of amides is 1. The van der Waals surface area contributed by atoms with E-state index in [9.17, 15) is 9.59 Å². The smallest absolute Gasteiger partial charge is 0.303 e. The zero-order chi connectivity index (χ0) is 15.9. The van der Waals surface area contributed by atoms with E-state index in [0.29, 0.717) is 18.5 Å². The molecule has 1 heterocycles. The minimum absolute atomic E-state index is 0.0770. The predicted octanol–water partition coefficient (Wildman–Crippen LogP) is 1.46. The van der Waals surface area contributed by atoms with Crippen LogP contribution < -0.4 is 4.90 Å². The fourth-order valence-corrected chi connectivity index (χ4v) is 2.43. The van der Waals surface area contributed by atoms with E-state index in [1.54, 1.807) is 11.9 Å². The van der Waals surface area contributed by atoms with Gasteiger partial charge in [-0.25, -0.2) is 0 Å². The standard InChI is InChI=1S/C16H22N2O4/c1-17(8-2-3-15(19)20)16(21)13-4-6-14(7-5-13)18-9-11-22-12-10-18/h4-7H,2-3,8-12H2,1H3,(H,19,20). The SMILES string of the molecule is CN(CCCC(=O)O)C(=O)c1ccc(N2CCOCC2)cc1. The zero-order valence-electron chi connectivity index (χ0n) is 12.8. The molecule has 1 aliphatic rings. The number of rotatable bonds is 6. The van der Waals surface area contributed by atoms with Crippen LogP contribution in [0.3, 0.4) is 0 Å². The fraction of sp³-hybridized carbons (Fsp3) is 0.500. The fourth-order valence-electron chi connectivity index (χ4n) is 2.43. The number of carboxylic acid groups (broad SMARTS) is 1. The molecule has 6 heteroatoms. The molecule has 1 aromatic carbocycles. The summed E-state index contributed by atoms with van der Waals surface area (Å²) >= 11 is 0. The Labute approximate surface area is 130 Å². The molecule has 6 nitrogen and oxygen atoms in total.